The molecule has 1 aliphatic carbocycles. The van der Waals surface area contributed by atoms with Crippen LogP contribution in [0, 0.1) is 0 Å². The number of hydrogen-bond acceptors (Lipinski definition) is 3. The molecular weight excluding hydrogens is 537 g/mol. The summed E-state index contributed by atoms with van der Waals surface area (Å²) in [5.74, 6) is -0.215. The first-order valence-electron chi connectivity index (χ1n) is 11.3. The molecule has 36 heavy (non-hydrogen) atoms. The maximum atomic E-state index is 13.5. The third-order valence-corrected chi connectivity index (χ3v) is 7.33. The number of alkyl halides is 3. The van der Waals surface area contributed by atoms with Crippen LogP contribution in [0.1, 0.15) is 45.5 Å². The van der Waals surface area contributed by atoms with Crippen LogP contribution in [0.15, 0.2) is 77.4 Å². The fourth-order valence-corrected chi connectivity index (χ4v) is 5.01. The van der Waals surface area contributed by atoms with E-state index < -0.39 is 17.3 Å². The molecule has 1 amide bonds. The maximum Gasteiger partial charge on any atom is 0.416 e. The summed E-state index contributed by atoms with van der Waals surface area (Å²) in [4.78, 5) is 17.7. The van der Waals surface area contributed by atoms with Gasteiger partial charge in [-0.15, -0.1) is 0 Å². The number of benzene rings is 3. The Hall–Kier alpha value is -3.14. The Morgan fingerprint density at radius 2 is 1.83 bits per heavy atom. The number of fused-ring (bicyclic) bond motifs is 1. The molecule has 0 bridgehead atoms. The number of aromatic nitrogens is 1. The van der Waals surface area contributed by atoms with Crippen molar-refractivity contribution in [2.45, 2.75) is 37.7 Å². The fraction of sp³-hybridized carbons (Fsp3) is 0.222. The van der Waals surface area contributed by atoms with Crippen LogP contribution in [0.2, 0.25) is 0 Å². The second kappa shape index (κ2) is 9.38. The van der Waals surface area contributed by atoms with Crippen molar-refractivity contribution >= 4 is 32.7 Å². The molecule has 2 N–H and O–H groups in total. The van der Waals surface area contributed by atoms with Gasteiger partial charge in [0.15, 0.2) is 0 Å². The van der Waals surface area contributed by atoms with Gasteiger partial charge in [0.05, 0.1) is 22.2 Å². The van der Waals surface area contributed by atoms with Gasteiger partial charge in [-0.3, -0.25) is 10.1 Å². The summed E-state index contributed by atoms with van der Waals surface area (Å²) in [6.45, 7) is 0.389. The van der Waals surface area contributed by atoms with E-state index in [0.717, 1.165) is 41.5 Å². The second-order valence-corrected chi connectivity index (χ2v) is 9.85. The molecule has 0 spiro atoms. The SMILES string of the molecule is O=C(NC1(c2ccc(COO)cc2)CC1)c1cccc2ccn(Cc3ccc(C(F)(F)F)cc3Br)c12. The maximum absolute atomic E-state index is 13.5. The van der Waals surface area contributed by atoms with Crippen molar-refractivity contribution in [1.82, 2.24) is 9.88 Å². The molecule has 1 fully saturated rings. The smallest absolute Gasteiger partial charge is 0.342 e. The van der Waals surface area contributed by atoms with Crippen molar-refractivity contribution in [3.05, 3.63) is 105 Å². The number of nitrogens with one attached hydrogen (secondary N) is 1. The first-order valence-corrected chi connectivity index (χ1v) is 12.1. The molecule has 4 aromatic rings. The molecule has 3 aromatic carbocycles. The Balaban J connectivity index is 1.42. The van der Waals surface area contributed by atoms with Crippen molar-refractivity contribution in [2.75, 3.05) is 0 Å². The van der Waals surface area contributed by atoms with Crippen LogP contribution in [0.4, 0.5) is 13.2 Å². The lowest BCUT2D eigenvalue weighted by Gasteiger charge is -2.19. The van der Waals surface area contributed by atoms with Gasteiger partial charge in [-0.2, -0.15) is 13.2 Å². The van der Waals surface area contributed by atoms with Crippen molar-refractivity contribution < 1.29 is 28.1 Å². The molecule has 1 heterocycles. The van der Waals surface area contributed by atoms with Crippen LogP contribution >= 0.6 is 15.9 Å². The van der Waals surface area contributed by atoms with Gasteiger partial charge in [0.1, 0.15) is 6.61 Å². The summed E-state index contributed by atoms with van der Waals surface area (Å²) in [6, 6.07) is 18.5. The zero-order valence-corrected chi connectivity index (χ0v) is 20.6. The van der Waals surface area contributed by atoms with Gasteiger partial charge >= 0.3 is 6.18 Å². The van der Waals surface area contributed by atoms with Crippen LogP contribution in [0.3, 0.4) is 0 Å². The predicted molar refractivity (Wildman–Crippen MR) is 132 cm³/mol. The van der Waals surface area contributed by atoms with Crippen molar-refractivity contribution in [3.8, 4) is 0 Å². The second-order valence-electron chi connectivity index (χ2n) is 9.00. The third kappa shape index (κ3) is 4.78. The van der Waals surface area contributed by atoms with E-state index in [0.29, 0.717) is 27.7 Å². The monoisotopic (exact) mass is 558 g/mol. The van der Waals surface area contributed by atoms with E-state index in [1.165, 1.54) is 6.07 Å². The highest BCUT2D eigenvalue weighted by molar-refractivity contribution is 9.10. The highest BCUT2D eigenvalue weighted by atomic mass is 79.9. The average molecular weight is 559 g/mol. The Bertz CT molecular complexity index is 1430. The molecule has 1 saturated carbocycles. The summed E-state index contributed by atoms with van der Waals surface area (Å²) >= 11 is 3.27. The Morgan fingerprint density at radius 3 is 2.47 bits per heavy atom. The van der Waals surface area contributed by atoms with E-state index in [-0.39, 0.29) is 12.5 Å². The van der Waals surface area contributed by atoms with Gasteiger partial charge in [-0.1, -0.05) is 58.4 Å². The van der Waals surface area contributed by atoms with Gasteiger partial charge in [0.25, 0.3) is 5.91 Å². The van der Waals surface area contributed by atoms with Crippen LogP contribution in [-0.2, 0) is 29.8 Å². The Labute approximate surface area is 213 Å². The summed E-state index contributed by atoms with van der Waals surface area (Å²) in [7, 11) is 0. The number of halogens is 4. The summed E-state index contributed by atoms with van der Waals surface area (Å²) in [5, 5.41) is 12.7. The van der Waals surface area contributed by atoms with Crippen LogP contribution in [0.25, 0.3) is 10.9 Å². The minimum absolute atomic E-state index is 0.0909. The number of carbonyl (C=O) groups excluding carboxylic acids is 1. The lowest BCUT2D eigenvalue weighted by molar-refractivity contribution is -0.253. The third-order valence-electron chi connectivity index (χ3n) is 6.59. The predicted octanol–water partition coefficient (Wildman–Crippen LogP) is 6.88. The van der Waals surface area contributed by atoms with Crippen LogP contribution in [-0.4, -0.2) is 15.7 Å². The Kier molecular flexibility index (Phi) is 6.40. The minimum Gasteiger partial charge on any atom is -0.342 e. The van der Waals surface area contributed by atoms with Crippen LogP contribution < -0.4 is 5.32 Å². The lowest BCUT2D eigenvalue weighted by atomic mass is 10.0. The van der Waals surface area contributed by atoms with Crippen molar-refractivity contribution in [2.24, 2.45) is 0 Å². The molecule has 0 saturated heterocycles. The highest BCUT2D eigenvalue weighted by Crippen LogP contribution is 2.46. The average Bonchev–Trinajstić information content (AvgIpc) is 3.51. The van der Waals surface area contributed by atoms with E-state index in [4.69, 9.17) is 5.26 Å². The first-order chi connectivity index (χ1) is 17.2. The van der Waals surface area contributed by atoms with Gasteiger partial charge in [-0.25, -0.2) is 4.89 Å². The number of amides is 1. The normalized spacial score (nSPS) is 14.7. The molecular formula is C27H22BrF3N2O3. The molecule has 1 aromatic heterocycles. The summed E-state index contributed by atoms with van der Waals surface area (Å²) in [6.07, 6.45) is -0.966. The van der Waals surface area contributed by atoms with E-state index in [1.54, 1.807) is 6.07 Å². The van der Waals surface area contributed by atoms with Gasteiger partial charge in [0.2, 0.25) is 0 Å². The molecule has 1 aliphatic rings. The standard InChI is InChI=1S/C27H22BrF3N2O3/c28-23-14-21(27(29,30)31)9-6-19(23)15-33-13-10-18-2-1-3-22(24(18)33)25(34)32-26(11-12-26)20-7-4-17(5-8-20)16-36-35/h1-10,13-14,35H,11-12,15-16H2,(H,32,34). The van der Waals surface area contributed by atoms with E-state index in [1.807, 2.05) is 53.2 Å². The molecule has 186 valence electrons. The van der Waals surface area contributed by atoms with E-state index in [2.05, 4.69) is 26.1 Å². The van der Waals surface area contributed by atoms with Crippen molar-refractivity contribution in [3.63, 3.8) is 0 Å². The molecule has 0 unspecified atom stereocenters. The lowest BCUT2D eigenvalue weighted by Crippen LogP contribution is -2.35. The van der Waals surface area contributed by atoms with Gasteiger partial charge in [0, 0.05) is 22.6 Å². The highest BCUT2D eigenvalue weighted by Gasteiger charge is 2.46. The fourth-order valence-electron chi connectivity index (χ4n) is 4.50. The minimum atomic E-state index is -4.42. The van der Waals surface area contributed by atoms with Gasteiger partial charge < -0.3 is 9.88 Å². The first kappa shape index (κ1) is 24.5. The molecule has 5 nitrogen and oxygen atoms in total. The number of rotatable bonds is 7. The number of carbonyl (C=O) groups is 1. The zero-order valence-electron chi connectivity index (χ0n) is 19.0. The largest absolute Gasteiger partial charge is 0.416 e. The molecule has 0 radical (unpaired) electrons. The van der Waals surface area contributed by atoms with Crippen LogP contribution in [0.5, 0.6) is 0 Å². The zero-order chi connectivity index (χ0) is 25.5. The molecule has 0 atom stereocenters. The van der Waals surface area contributed by atoms with Gasteiger partial charge in [-0.05, 0) is 53.8 Å². The van der Waals surface area contributed by atoms with E-state index in [9.17, 15) is 18.0 Å². The number of para-hydroxylation sites is 1. The summed E-state index contributed by atoms with van der Waals surface area (Å²) < 4.78 is 41.4. The molecule has 5 rings (SSSR count). The quantitative estimate of drug-likeness (QED) is 0.192. The number of nitrogens with zero attached hydrogens (tertiary/aromatic N) is 1. The summed E-state index contributed by atoms with van der Waals surface area (Å²) in [5.41, 5.74) is 2.51. The molecule has 0 aliphatic heterocycles. The van der Waals surface area contributed by atoms with Crippen molar-refractivity contribution in [1.29, 1.82) is 0 Å². The topological polar surface area (TPSA) is 63.5 Å². The Morgan fingerprint density at radius 1 is 1.08 bits per heavy atom. The number of hydrogen-bond donors (Lipinski definition) is 2. The molecule has 9 heteroatoms. The van der Waals surface area contributed by atoms with E-state index >= 15 is 0 Å².